The molecular weight excluding hydrogens is 242 g/mol. The molecule has 0 saturated carbocycles. The van der Waals surface area contributed by atoms with Gasteiger partial charge in [-0.25, -0.2) is 0 Å². The van der Waals surface area contributed by atoms with Crippen LogP contribution in [-0.4, -0.2) is 4.57 Å². The summed E-state index contributed by atoms with van der Waals surface area (Å²) < 4.78 is 2.33. The molecule has 0 bridgehead atoms. The van der Waals surface area contributed by atoms with E-state index in [0.717, 1.165) is 6.54 Å². The minimum atomic E-state index is 0.596. The maximum absolute atomic E-state index is 2.33. The molecule has 0 fully saturated rings. The van der Waals surface area contributed by atoms with Gasteiger partial charge in [0.2, 0.25) is 0 Å². The van der Waals surface area contributed by atoms with Gasteiger partial charge >= 0.3 is 0 Å². The van der Waals surface area contributed by atoms with Crippen molar-refractivity contribution in [3.8, 4) is 0 Å². The van der Waals surface area contributed by atoms with Gasteiger partial charge in [0.15, 0.2) is 0 Å². The van der Waals surface area contributed by atoms with Gasteiger partial charge in [-0.3, -0.25) is 0 Å². The molecule has 3 aromatic rings. The van der Waals surface area contributed by atoms with Gasteiger partial charge in [0.25, 0.3) is 0 Å². The van der Waals surface area contributed by atoms with Crippen LogP contribution in [0.25, 0.3) is 10.9 Å². The molecule has 0 N–H and O–H groups in total. The molecular formula is C19H21N. The van der Waals surface area contributed by atoms with Crippen molar-refractivity contribution in [2.75, 3.05) is 0 Å². The van der Waals surface area contributed by atoms with Gasteiger partial charge in [0.1, 0.15) is 0 Å². The maximum Gasteiger partial charge on any atom is 0.0486 e. The Bertz CT molecular complexity index is 717. The topological polar surface area (TPSA) is 4.93 Å². The molecule has 1 nitrogen and oxygen atoms in total. The van der Waals surface area contributed by atoms with Crippen molar-refractivity contribution < 1.29 is 0 Å². The molecule has 0 atom stereocenters. The third kappa shape index (κ3) is 2.36. The Morgan fingerprint density at radius 1 is 0.950 bits per heavy atom. The largest absolute Gasteiger partial charge is 0.343 e. The predicted molar refractivity (Wildman–Crippen MR) is 86.3 cm³/mol. The maximum atomic E-state index is 2.33. The van der Waals surface area contributed by atoms with E-state index in [-0.39, 0.29) is 0 Å². The van der Waals surface area contributed by atoms with Crippen LogP contribution in [0.2, 0.25) is 0 Å². The fourth-order valence-electron chi connectivity index (χ4n) is 2.72. The number of aryl methyl sites for hydroxylation is 1. The van der Waals surface area contributed by atoms with Crippen LogP contribution in [0, 0.1) is 6.92 Å². The minimum absolute atomic E-state index is 0.596. The number of benzene rings is 2. The molecule has 2 aromatic carbocycles. The molecule has 0 aliphatic heterocycles. The fraction of sp³-hybridized carbons (Fsp3) is 0.263. The molecule has 1 aromatic heterocycles. The standard InChI is InChI=1S/C19H21N/c1-14(2)17-9-7-16(8-10-17)13-20-12-11-18-15(3)5-4-6-19(18)20/h4-12,14H,13H2,1-3H3. The average Bonchev–Trinajstić information content (AvgIpc) is 2.84. The van der Waals surface area contributed by atoms with Crippen LogP contribution < -0.4 is 0 Å². The highest BCUT2D eigenvalue weighted by molar-refractivity contribution is 5.83. The number of hydrogen-bond donors (Lipinski definition) is 0. The first-order chi connectivity index (χ1) is 9.65. The van der Waals surface area contributed by atoms with Crippen molar-refractivity contribution in [2.24, 2.45) is 0 Å². The zero-order chi connectivity index (χ0) is 14.1. The SMILES string of the molecule is Cc1cccc2c1ccn2Cc1ccc(C(C)C)cc1. The molecule has 0 aliphatic rings. The Balaban J connectivity index is 1.91. The van der Waals surface area contributed by atoms with Crippen molar-refractivity contribution in [1.29, 1.82) is 0 Å². The Hall–Kier alpha value is -2.02. The van der Waals surface area contributed by atoms with Gasteiger partial charge in [0.05, 0.1) is 0 Å². The number of fused-ring (bicyclic) bond motifs is 1. The van der Waals surface area contributed by atoms with Crippen LogP contribution in [0.5, 0.6) is 0 Å². The van der Waals surface area contributed by atoms with Gasteiger partial charge in [-0.05, 0) is 41.7 Å². The normalized spacial score (nSPS) is 11.4. The first-order valence-corrected chi connectivity index (χ1v) is 7.28. The van der Waals surface area contributed by atoms with Crippen LogP contribution in [0.4, 0.5) is 0 Å². The van der Waals surface area contributed by atoms with E-state index in [9.17, 15) is 0 Å². The Kier molecular flexibility index (Phi) is 3.35. The lowest BCUT2D eigenvalue weighted by atomic mass is 10.0. The van der Waals surface area contributed by atoms with Crippen LogP contribution in [-0.2, 0) is 6.54 Å². The van der Waals surface area contributed by atoms with E-state index in [1.165, 1.54) is 27.6 Å². The predicted octanol–water partition coefficient (Wildman–Crippen LogP) is 5.12. The van der Waals surface area contributed by atoms with Gasteiger partial charge < -0.3 is 4.57 Å². The third-order valence-corrected chi connectivity index (χ3v) is 4.03. The highest BCUT2D eigenvalue weighted by atomic mass is 14.9. The van der Waals surface area contributed by atoms with Crippen molar-refractivity contribution >= 4 is 10.9 Å². The van der Waals surface area contributed by atoms with Crippen LogP contribution >= 0.6 is 0 Å². The Morgan fingerprint density at radius 2 is 1.70 bits per heavy atom. The number of rotatable bonds is 3. The van der Waals surface area contributed by atoms with Crippen molar-refractivity contribution in [2.45, 2.75) is 33.2 Å². The van der Waals surface area contributed by atoms with Crippen molar-refractivity contribution in [1.82, 2.24) is 4.57 Å². The molecule has 20 heavy (non-hydrogen) atoms. The Morgan fingerprint density at radius 3 is 2.40 bits per heavy atom. The van der Waals surface area contributed by atoms with E-state index in [1.54, 1.807) is 0 Å². The third-order valence-electron chi connectivity index (χ3n) is 4.03. The average molecular weight is 263 g/mol. The second-order valence-corrected chi connectivity index (χ2v) is 5.85. The van der Waals surface area contributed by atoms with E-state index in [2.05, 4.69) is 80.1 Å². The van der Waals surface area contributed by atoms with Gasteiger partial charge in [-0.15, -0.1) is 0 Å². The fourth-order valence-corrected chi connectivity index (χ4v) is 2.72. The van der Waals surface area contributed by atoms with E-state index in [0.29, 0.717) is 5.92 Å². The Labute approximate surface area is 120 Å². The molecule has 0 amide bonds. The summed E-state index contributed by atoms with van der Waals surface area (Å²) in [5.74, 6) is 0.596. The van der Waals surface area contributed by atoms with Gasteiger partial charge in [-0.1, -0.05) is 50.2 Å². The molecule has 0 radical (unpaired) electrons. The summed E-state index contributed by atoms with van der Waals surface area (Å²) in [6.45, 7) is 7.57. The zero-order valence-corrected chi connectivity index (χ0v) is 12.4. The summed E-state index contributed by atoms with van der Waals surface area (Å²) >= 11 is 0. The first-order valence-electron chi connectivity index (χ1n) is 7.28. The van der Waals surface area contributed by atoms with Crippen molar-refractivity contribution in [3.05, 3.63) is 71.4 Å². The molecule has 3 rings (SSSR count). The summed E-state index contributed by atoms with van der Waals surface area (Å²) in [6, 6.07) is 17.7. The van der Waals surface area contributed by atoms with Crippen LogP contribution in [0.15, 0.2) is 54.7 Å². The highest BCUT2D eigenvalue weighted by Crippen LogP contribution is 2.21. The smallest absolute Gasteiger partial charge is 0.0486 e. The number of nitrogens with zero attached hydrogens (tertiary/aromatic N) is 1. The molecule has 1 heterocycles. The van der Waals surface area contributed by atoms with Crippen LogP contribution in [0.3, 0.4) is 0 Å². The van der Waals surface area contributed by atoms with Gasteiger partial charge in [-0.2, -0.15) is 0 Å². The lowest BCUT2D eigenvalue weighted by Gasteiger charge is -2.09. The molecule has 102 valence electrons. The van der Waals surface area contributed by atoms with E-state index < -0.39 is 0 Å². The summed E-state index contributed by atoms with van der Waals surface area (Å²) in [7, 11) is 0. The second-order valence-electron chi connectivity index (χ2n) is 5.85. The molecule has 0 spiro atoms. The summed E-state index contributed by atoms with van der Waals surface area (Å²) in [5, 5.41) is 1.35. The number of hydrogen-bond acceptors (Lipinski definition) is 0. The molecule has 1 heteroatoms. The molecule has 0 aliphatic carbocycles. The van der Waals surface area contributed by atoms with Crippen LogP contribution in [0.1, 0.15) is 36.5 Å². The molecule has 0 unspecified atom stereocenters. The number of aromatic nitrogens is 1. The van der Waals surface area contributed by atoms with Gasteiger partial charge in [0, 0.05) is 23.6 Å². The highest BCUT2D eigenvalue weighted by Gasteiger charge is 2.04. The van der Waals surface area contributed by atoms with Crippen molar-refractivity contribution in [3.63, 3.8) is 0 Å². The van der Waals surface area contributed by atoms with E-state index in [4.69, 9.17) is 0 Å². The van der Waals surface area contributed by atoms with E-state index >= 15 is 0 Å². The zero-order valence-electron chi connectivity index (χ0n) is 12.4. The van der Waals surface area contributed by atoms with E-state index in [1.807, 2.05) is 0 Å². The monoisotopic (exact) mass is 263 g/mol. The minimum Gasteiger partial charge on any atom is -0.343 e. The summed E-state index contributed by atoms with van der Waals surface area (Å²) in [4.78, 5) is 0. The molecule has 0 saturated heterocycles. The lowest BCUT2D eigenvalue weighted by molar-refractivity contribution is 0.829. The second kappa shape index (κ2) is 5.16. The lowest BCUT2D eigenvalue weighted by Crippen LogP contribution is -1.98. The summed E-state index contributed by atoms with van der Waals surface area (Å²) in [6.07, 6.45) is 2.19. The summed E-state index contributed by atoms with van der Waals surface area (Å²) in [5.41, 5.74) is 5.42. The first kappa shape index (κ1) is 13.0. The quantitative estimate of drug-likeness (QED) is 0.618.